The third-order valence-corrected chi connectivity index (χ3v) is 3.84. The molecule has 1 saturated carbocycles. The molecule has 0 aliphatic heterocycles. The molecule has 1 aliphatic carbocycles. The van der Waals surface area contributed by atoms with Crippen LogP contribution in [0.25, 0.3) is 0 Å². The van der Waals surface area contributed by atoms with Gasteiger partial charge in [0.15, 0.2) is 0 Å². The largest absolute Gasteiger partial charge is 0.494 e. The van der Waals surface area contributed by atoms with Crippen molar-refractivity contribution in [3.8, 4) is 11.8 Å². The van der Waals surface area contributed by atoms with Crippen molar-refractivity contribution in [2.75, 3.05) is 20.2 Å². The van der Waals surface area contributed by atoms with Crippen LogP contribution in [0.4, 0.5) is 0 Å². The van der Waals surface area contributed by atoms with Crippen LogP contribution in [0, 0.1) is 11.3 Å². The first-order chi connectivity index (χ1) is 9.29. The van der Waals surface area contributed by atoms with E-state index in [1.54, 1.807) is 12.1 Å². The summed E-state index contributed by atoms with van der Waals surface area (Å²) in [5.74, 6) is 0.794. The van der Waals surface area contributed by atoms with E-state index >= 15 is 0 Å². The maximum Gasteiger partial charge on any atom is 0.120 e. The van der Waals surface area contributed by atoms with Gasteiger partial charge in [-0.3, -0.25) is 0 Å². The Bertz CT molecular complexity index is 433. The van der Waals surface area contributed by atoms with E-state index in [1.807, 2.05) is 12.1 Å². The molecule has 2 rings (SSSR count). The normalized spacial score (nSPS) is 15.6. The van der Waals surface area contributed by atoms with Gasteiger partial charge in [0.1, 0.15) is 5.75 Å². The molecule has 0 saturated heterocycles. The minimum atomic E-state index is 0.653. The van der Waals surface area contributed by atoms with Crippen LogP contribution in [-0.4, -0.2) is 31.1 Å². The Kier molecular flexibility index (Phi) is 5.23. The van der Waals surface area contributed by atoms with Crippen molar-refractivity contribution in [1.29, 1.82) is 5.26 Å². The fourth-order valence-corrected chi connectivity index (χ4v) is 2.69. The van der Waals surface area contributed by atoms with E-state index in [0.29, 0.717) is 12.2 Å². The Labute approximate surface area is 115 Å². The Morgan fingerprint density at radius 1 is 1.37 bits per heavy atom. The van der Waals surface area contributed by atoms with E-state index in [2.05, 4.69) is 18.0 Å². The van der Waals surface area contributed by atoms with Crippen LogP contribution in [0.5, 0.6) is 5.75 Å². The molecule has 1 aromatic carbocycles. The zero-order valence-electron chi connectivity index (χ0n) is 11.6. The molecule has 0 aromatic heterocycles. The van der Waals surface area contributed by atoms with Crippen molar-refractivity contribution in [1.82, 2.24) is 4.90 Å². The number of nitrogens with zero attached hydrogens (tertiary/aromatic N) is 2. The van der Waals surface area contributed by atoms with Gasteiger partial charge in [-0.25, -0.2) is 0 Å². The molecular weight excluding hydrogens is 236 g/mol. The molecule has 0 heterocycles. The van der Waals surface area contributed by atoms with Crippen LogP contribution in [0.3, 0.4) is 0 Å². The Morgan fingerprint density at radius 3 is 2.89 bits per heavy atom. The maximum absolute atomic E-state index is 8.82. The molecule has 0 unspecified atom stereocenters. The maximum atomic E-state index is 8.82. The average Bonchev–Trinajstić information content (AvgIpc) is 2.98. The van der Waals surface area contributed by atoms with E-state index in [9.17, 15) is 0 Å². The second-order valence-electron chi connectivity index (χ2n) is 5.26. The summed E-state index contributed by atoms with van der Waals surface area (Å²) < 4.78 is 5.68. The van der Waals surface area contributed by atoms with Gasteiger partial charge in [-0.1, -0.05) is 18.9 Å². The van der Waals surface area contributed by atoms with Gasteiger partial charge in [0.05, 0.1) is 18.2 Å². The second-order valence-corrected chi connectivity index (χ2v) is 5.26. The summed E-state index contributed by atoms with van der Waals surface area (Å²) in [6, 6.07) is 10.3. The van der Waals surface area contributed by atoms with E-state index < -0.39 is 0 Å². The molecule has 0 bridgehead atoms. The number of ether oxygens (including phenoxy) is 1. The molecule has 1 aliphatic rings. The minimum Gasteiger partial charge on any atom is -0.494 e. The van der Waals surface area contributed by atoms with Crippen LogP contribution in [0.2, 0.25) is 0 Å². The lowest BCUT2D eigenvalue weighted by Gasteiger charge is -2.23. The molecular formula is C16H22N2O. The summed E-state index contributed by atoms with van der Waals surface area (Å²) in [6.07, 6.45) is 6.49. The highest BCUT2D eigenvalue weighted by Gasteiger charge is 2.18. The van der Waals surface area contributed by atoms with E-state index in [0.717, 1.165) is 24.8 Å². The fourth-order valence-electron chi connectivity index (χ4n) is 2.69. The third kappa shape index (κ3) is 4.25. The Morgan fingerprint density at radius 2 is 2.16 bits per heavy atom. The van der Waals surface area contributed by atoms with Crippen molar-refractivity contribution in [2.24, 2.45) is 0 Å². The highest BCUT2D eigenvalue weighted by Crippen LogP contribution is 2.22. The van der Waals surface area contributed by atoms with Gasteiger partial charge < -0.3 is 9.64 Å². The number of hydrogen-bond donors (Lipinski definition) is 0. The van der Waals surface area contributed by atoms with Gasteiger partial charge in [0.25, 0.3) is 0 Å². The van der Waals surface area contributed by atoms with E-state index in [-0.39, 0.29) is 0 Å². The SMILES string of the molecule is CN(CCCOc1cccc(C#N)c1)C1CCCC1. The van der Waals surface area contributed by atoms with Crippen LogP contribution in [0.15, 0.2) is 24.3 Å². The summed E-state index contributed by atoms with van der Waals surface area (Å²) in [7, 11) is 2.21. The first-order valence-electron chi connectivity index (χ1n) is 7.13. The monoisotopic (exact) mass is 258 g/mol. The van der Waals surface area contributed by atoms with Gasteiger partial charge in [-0.05, 0) is 44.5 Å². The van der Waals surface area contributed by atoms with E-state index in [1.165, 1.54) is 25.7 Å². The molecule has 0 spiro atoms. The van der Waals surface area contributed by atoms with E-state index in [4.69, 9.17) is 10.00 Å². The number of nitriles is 1. The van der Waals surface area contributed by atoms with Crippen LogP contribution >= 0.6 is 0 Å². The van der Waals surface area contributed by atoms with Crippen LogP contribution in [0.1, 0.15) is 37.7 Å². The topological polar surface area (TPSA) is 36.3 Å². The van der Waals surface area contributed by atoms with Gasteiger partial charge in [0, 0.05) is 12.6 Å². The van der Waals surface area contributed by atoms with Crippen molar-refractivity contribution in [3.63, 3.8) is 0 Å². The summed E-state index contributed by atoms with van der Waals surface area (Å²) in [5, 5.41) is 8.82. The molecule has 3 heteroatoms. The van der Waals surface area contributed by atoms with Gasteiger partial charge in [-0.2, -0.15) is 5.26 Å². The molecule has 3 nitrogen and oxygen atoms in total. The lowest BCUT2D eigenvalue weighted by atomic mass is 10.2. The smallest absolute Gasteiger partial charge is 0.120 e. The zero-order valence-corrected chi connectivity index (χ0v) is 11.6. The molecule has 0 radical (unpaired) electrons. The molecule has 1 fully saturated rings. The van der Waals surface area contributed by atoms with Gasteiger partial charge in [-0.15, -0.1) is 0 Å². The Balaban J connectivity index is 1.67. The lowest BCUT2D eigenvalue weighted by Crippen LogP contribution is -2.30. The Hall–Kier alpha value is -1.53. The van der Waals surface area contributed by atoms with Crippen LogP contribution < -0.4 is 4.74 Å². The first kappa shape index (κ1) is 13.9. The van der Waals surface area contributed by atoms with Crippen molar-refractivity contribution < 1.29 is 4.74 Å². The molecule has 0 amide bonds. The van der Waals surface area contributed by atoms with Crippen molar-refractivity contribution >= 4 is 0 Å². The van der Waals surface area contributed by atoms with Crippen molar-refractivity contribution in [2.45, 2.75) is 38.1 Å². The summed E-state index contributed by atoms with van der Waals surface area (Å²) in [4.78, 5) is 2.46. The predicted molar refractivity (Wildman–Crippen MR) is 76.2 cm³/mol. The van der Waals surface area contributed by atoms with Gasteiger partial charge in [0.2, 0.25) is 0 Å². The summed E-state index contributed by atoms with van der Waals surface area (Å²) in [5.41, 5.74) is 0.653. The highest BCUT2D eigenvalue weighted by atomic mass is 16.5. The van der Waals surface area contributed by atoms with Crippen molar-refractivity contribution in [3.05, 3.63) is 29.8 Å². The lowest BCUT2D eigenvalue weighted by molar-refractivity contribution is 0.216. The number of benzene rings is 1. The molecule has 1 aromatic rings. The zero-order chi connectivity index (χ0) is 13.5. The summed E-state index contributed by atoms with van der Waals surface area (Å²) in [6.45, 7) is 1.80. The minimum absolute atomic E-state index is 0.653. The number of hydrogen-bond acceptors (Lipinski definition) is 3. The highest BCUT2D eigenvalue weighted by molar-refractivity contribution is 5.36. The standard InChI is InChI=1S/C16H22N2O/c1-18(15-7-2-3-8-15)10-5-11-19-16-9-4-6-14(12-16)13-17/h4,6,9,12,15H,2-3,5,7-8,10-11H2,1H3. The molecule has 0 N–H and O–H groups in total. The van der Waals surface area contributed by atoms with Gasteiger partial charge >= 0.3 is 0 Å². The van der Waals surface area contributed by atoms with Crippen LogP contribution in [-0.2, 0) is 0 Å². The first-order valence-corrected chi connectivity index (χ1v) is 7.13. The molecule has 102 valence electrons. The quantitative estimate of drug-likeness (QED) is 0.735. The average molecular weight is 258 g/mol. The predicted octanol–water partition coefficient (Wildman–Crippen LogP) is 3.20. The fraction of sp³-hybridized carbons (Fsp3) is 0.562. The number of rotatable bonds is 6. The molecule has 19 heavy (non-hydrogen) atoms. The molecule has 0 atom stereocenters. The third-order valence-electron chi connectivity index (χ3n) is 3.84. The summed E-state index contributed by atoms with van der Waals surface area (Å²) >= 11 is 0. The second kappa shape index (κ2) is 7.16.